The normalized spacial score (nSPS) is 24.6. The van der Waals surface area contributed by atoms with Crippen LogP contribution in [0.5, 0.6) is 0 Å². The van der Waals surface area contributed by atoms with Crippen molar-refractivity contribution >= 4 is 11.3 Å². The average Bonchev–Trinajstić information content (AvgIpc) is 2.83. The smallest absolute Gasteiger partial charge is 0.104 e. The second-order valence-corrected chi connectivity index (χ2v) is 5.71. The number of nitrogens with zero attached hydrogens (tertiary/aromatic N) is 1. The van der Waals surface area contributed by atoms with E-state index in [2.05, 4.69) is 22.8 Å². The molecule has 3 nitrogen and oxygen atoms in total. The summed E-state index contributed by atoms with van der Waals surface area (Å²) in [5.41, 5.74) is 0.432. The Morgan fingerprint density at radius 1 is 1.59 bits per heavy atom. The molecule has 0 radical (unpaired) electrons. The number of hydrogen-bond donors (Lipinski definition) is 2. The van der Waals surface area contributed by atoms with Crippen LogP contribution in [0.2, 0.25) is 0 Å². The van der Waals surface area contributed by atoms with Gasteiger partial charge in [-0.3, -0.25) is 4.90 Å². The van der Waals surface area contributed by atoms with Crippen molar-refractivity contribution < 1.29 is 10.2 Å². The standard InChI is InChI=1S/C13H17NO2S/c1-13(16)4-5-14(10-13)8-12-7-11(9-17-12)3-2-6-15/h7,9,15-16H,4-6,8,10H2,1H3. The zero-order valence-electron chi connectivity index (χ0n) is 9.94. The molecule has 0 amide bonds. The van der Waals surface area contributed by atoms with Gasteiger partial charge in [0.25, 0.3) is 0 Å². The molecular formula is C13H17NO2S. The second kappa shape index (κ2) is 5.19. The number of likely N-dealkylation sites (tertiary alicyclic amines) is 1. The van der Waals surface area contributed by atoms with E-state index < -0.39 is 5.60 Å². The predicted molar refractivity (Wildman–Crippen MR) is 68.8 cm³/mol. The molecule has 0 saturated carbocycles. The van der Waals surface area contributed by atoms with Gasteiger partial charge in [0.1, 0.15) is 6.61 Å². The lowest BCUT2D eigenvalue weighted by atomic mass is 10.1. The molecule has 4 heteroatoms. The highest BCUT2D eigenvalue weighted by molar-refractivity contribution is 7.10. The van der Waals surface area contributed by atoms with E-state index in [1.165, 1.54) is 4.88 Å². The Morgan fingerprint density at radius 3 is 3.06 bits per heavy atom. The summed E-state index contributed by atoms with van der Waals surface area (Å²) >= 11 is 1.68. The number of aliphatic hydroxyl groups is 2. The summed E-state index contributed by atoms with van der Waals surface area (Å²) in [6, 6.07) is 2.06. The Bertz CT molecular complexity index is 442. The van der Waals surface area contributed by atoms with E-state index in [0.717, 1.165) is 31.6 Å². The van der Waals surface area contributed by atoms with Crippen LogP contribution in [-0.4, -0.2) is 40.4 Å². The van der Waals surface area contributed by atoms with E-state index in [1.807, 2.05) is 12.3 Å². The molecule has 1 aromatic heterocycles. The third-order valence-electron chi connectivity index (χ3n) is 2.88. The highest BCUT2D eigenvalue weighted by atomic mass is 32.1. The summed E-state index contributed by atoms with van der Waals surface area (Å²) in [4.78, 5) is 3.51. The first-order valence-electron chi connectivity index (χ1n) is 5.71. The lowest BCUT2D eigenvalue weighted by Crippen LogP contribution is -2.29. The Labute approximate surface area is 106 Å². The van der Waals surface area contributed by atoms with Crippen LogP contribution in [0, 0.1) is 11.8 Å². The SMILES string of the molecule is CC1(O)CCN(Cc2cc(C#CCO)cs2)C1. The molecule has 1 aliphatic heterocycles. The molecular weight excluding hydrogens is 234 g/mol. The molecule has 92 valence electrons. The summed E-state index contributed by atoms with van der Waals surface area (Å²) in [6.07, 6.45) is 0.843. The molecule has 17 heavy (non-hydrogen) atoms. The Balaban J connectivity index is 1.94. The fourth-order valence-electron chi connectivity index (χ4n) is 2.06. The quantitative estimate of drug-likeness (QED) is 0.772. The summed E-state index contributed by atoms with van der Waals surface area (Å²) in [6.45, 7) is 4.35. The van der Waals surface area contributed by atoms with Crippen molar-refractivity contribution in [3.8, 4) is 11.8 Å². The molecule has 1 unspecified atom stereocenters. The maximum Gasteiger partial charge on any atom is 0.104 e. The average molecular weight is 251 g/mol. The van der Waals surface area contributed by atoms with Crippen molar-refractivity contribution in [3.05, 3.63) is 21.9 Å². The van der Waals surface area contributed by atoms with Gasteiger partial charge in [0.05, 0.1) is 5.60 Å². The van der Waals surface area contributed by atoms with Crippen molar-refractivity contribution in [3.63, 3.8) is 0 Å². The van der Waals surface area contributed by atoms with Crippen molar-refractivity contribution in [1.29, 1.82) is 0 Å². The van der Waals surface area contributed by atoms with E-state index >= 15 is 0 Å². The summed E-state index contributed by atoms with van der Waals surface area (Å²) < 4.78 is 0. The largest absolute Gasteiger partial charge is 0.389 e. The van der Waals surface area contributed by atoms with Gasteiger partial charge >= 0.3 is 0 Å². The maximum atomic E-state index is 9.88. The molecule has 2 heterocycles. The number of thiophene rings is 1. The fraction of sp³-hybridized carbons (Fsp3) is 0.538. The van der Waals surface area contributed by atoms with Crippen LogP contribution in [0.1, 0.15) is 23.8 Å². The summed E-state index contributed by atoms with van der Waals surface area (Å²) in [5.74, 6) is 5.54. The van der Waals surface area contributed by atoms with Crippen LogP contribution in [0.4, 0.5) is 0 Å². The van der Waals surface area contributed by atoms with Crippen LogP contribution in [0.25, 0.3) is 0 Å². The number of hydrogen-bond acceptors (Lipinski definition) is 4. The van der Waals surface area contributed by atoms with Crippen molar-refractivity contribution in [1.82, 2.24) is 4.90 Å². The van der Waals surface area contributed by atoms with Gasteiger partial charge < -0.3 is 10.2 Å². The first-order chi connectivity index (χ1) is 8.09. The van der Waals surface area contributed by atoms with Crippen LogP contribution in [-0.2, 0) is 6.54 Å². The summed E-state index contributed by atoms with van der Waals surface area (Å²) in [5, 5.41) is 20.5. The zero-order chi connectivity index (χ0) is 12.3. The molecule has 2 N–H and O–H groups in total. The molecule has 1 fully saturated rings. The van der Waals surface area contributed by atoms with Gasteiger partial charge in [-0.05, 0) is 19.4 Å². The molecule has 0 bridgehead atoms. The highest BCUT2D eigenvalue weighted by Crippen LogP contribution is 2.24. The molecule has 1 saturated heterocycles. The van der Waals surface area contributed by atoms with E-state index in [4.69, 9.17) is 5.11 Å². The second-order valence-electron chi connectivity index (χ2n) is 4.72. The Kier molecular flexibility index (Phi) is 3.85. The highest BCUT2D eigenvalue weighted by Gasteiger charge is 2.31. The predicted octanol–water partition coefficient (Wildman–Crippen LogP) is 1.05. The van der Waals surface area contributed by atoms with E-state index in [9.17, 15) is 5.11 Å². The van der Waals surface area contributed by atoms with Crippen LogP contribution in [0.3, 0.4) is 0 Å². The first-order valence-corrected chi connectivity index (χ1v) is 6.59. The fourth-order valence-corrected chi connectivity index (χ4v) is 2.92. The molecule has 0 aromatic carbocycles. The van der Waals surface area contributed by atoms with E-state index in [1.54, 1.807) is 11.3 Å². The molecule has 1 aromatic rings. The zero-order valence-corrected chi connectivity index (χ0v) is 10.8. The first kappa shape index (κ1) is 12.6. The van der Waals surface area contributed by atoms with Crippen molar-refractivity contribution in [2.24, 2.45) is 0 Å². The lowest BCUT2D eigenvalue weighted by Gasteiger charge is -2.17. The third-order valence-corrected chi connectivity index (χ3v) is 3.80. The molecule has 0 aliphatic carbocycles. The van der Waals surface area contributed by atoms with Crippen LogP contribution in [0.15, 0.2) is 11.4 Å². The van der Waals surface area contributed by atoms with Crippen LogP contribution >= 0.6 is 11.3 Å². The number of β-amino-alcohol motifs (C(OH)–C–C–N with tert-alkyl or cyclic N) is 1. The van der Waals surface area contributed by atoms with Gasteiger partial charge in [-0.15, -0.1) is 11.3 Å². The molecule has 0 spiro atoms. The monoisotopic (exact) mass is 251 g/mol. The van der Waals surface area contributed by atoms with Crippen molar-refractivity contribution in [2.45, 2.75) is 25.5 Å². The maximum absolute atomic E-state index is 9.88. The van der Waals surface area contributed by atoms with Gasteiger partial charge in [0.15, 0.2) is 0 Å². The molecule has 1 aliphatic rings. The van der Waals surface area contributed by atoms with Crippen molar-refractivity contribution in [2.75, 3.05) is 19.7 Å². The Morgan fingerprint density at radius 2 is 2.41 bits per heavy atom. The molecule has 2 rings (SSSR count). The van der Waals surface area contributed by atoms with Gasteiger partial charge in [0, 0.05) is 35.5 Å². The van der Waals surface area contributed by atoms with Gasteiger partial charge in [-0.2, -0.15) is 0 Å². The van der Waals surface area contributed by atoms with Gasteiger partial charge in [0.2, 0.25) is 0 Å². The van der Waals surface area contributed by atoms with Gasteiger partial charge in [-0.25, -0.2) is 0 Å². The molecule has 1 atom stereocenters. The topological polar surface area (TPSA) is 43.7 Å². The van der Waals surface area contributed by atoms with E-state index in [-0.39, 0.29) is 6.61 Å². The lowest BCUT2D eigenvalue weighted by molar-refractivity contribution is 0.0680. The van der Waals surface area contributed by atoms with Crippen LogP contribution < -0.4 is 0 Å². The van der Waals surface area contributed by atoms with E-state index in [0.29, 0.717) is 0 Å². The number of aliphatic hydroxyl groups excluding tert-OH is 1. The summed E-state index contributed by atoms with van der Waals surface area (Å²) in [7, 11) is 0. The number of rotatable bonds is 2. The Hall–Kier alpha value is -0.860. The minimum atomic E-state index is -0.531. The minimum absolute atomic E-state index is 0.0971. The minimum Gasteiger partial charge on any atom is -0.389 e. The third kappa shape index (κ3) is 3.55. The van der Waals surface area contributed by atoms with Gasteiger partial charge in [-0.1, -0.05) is 11.8 Å².